The quantitative estimate of drug-likeness (QED) is 0.360. The van der Waals surface area contributed by atoms with Crippen molar-refractivity contribution in [3.8, 4) is 0 Å². The van der Waals surface area contributed by atoms with Crippen LogP contribution >= 0.6 is 23.7 Å². The zero-order valence-corrected chi connectivity index (χ0v) is 25.6. The molecule has 3 aromatic rings. The lowest BCUT2D eigenvalue weighted by Crippen LogP contribution is -2.50. The Balaban J connectivity index is 0.00000441. The molecular formula is C27H36ClN5O5S2. The highest BCUT2D eigenvalue weighted by Crippen LogP contribution is 2.31. The number of carbonyl (C=O) groups is 2. The molecule has 10 nitrogen and oxygen atoms in total. The number of anilines is 1. The summed E-state index contributed by atoms with van der Waals surface area (Å²) in [5, 5.41) is 0.621. The lowest BCUT2D eigenvalue weighted by Gasteiger charge is -2.33. The van der Waals surface area contributed by atoms with Gasteiger partial charge < -0.3 is 14.5 Å². The van der Waals surface area contributed by atoms with Gasteiger partial charge in [-0.2, -0.15) is 4.31 Å². The average Bonchev–Trinajstić information content (AvgIpc) is 3.33. The van der Waals surface area contributed by atoms with E-state index >= 15 is 0 Å². The lowest BCUT2D eigenvalue weighted by atomic mass is 10.2. The number of nitrogens with zero attached hydrogens (tertiary/aromatic N) is 5. The molecule has 0 aliphatic carbocycles. The Bertz CT molecular complexity index is 1420. The van der Waals surface area contributed by atoms with Crippen LogP contribution in [0.1, 0.15) is 29.3 Å². The van der Waals surface area contributed by atoms with Crippen molar-refractivity contribution in [3.63, 3.8) is 0 Å². The van der Waals surface area contributed by atoms with E-state index in [1.54, 1.807) is 24.0 Å². The monoisotopic (exact) mass is 609 g/mol. The predicted octanol–water partition coefficient (Wildman–Crippen LogP) is 4.09. The van der Waals surface area contributed by atoms with Gasteiger partial charge in [0.15, 0.2) is 5.13 Å². The van der Waals surface area contributed by atoms with Gasteiger partial charge in [-0.3, -0.25) is 9.69 Å². The number of piperazine rings is 1. The van der Waals surface area contributed by atoms with E-state index in [0.717, 1.165) is 28.7 Å². The average molecular weight is 610 g/mol. The number of aryl methyl sites for hydroxylation is 1. The third kappa shape index (κ3) is 7.29. The maximum Gasteiger partial charge on any atom is 0.409 e. The number of sulfonamides is 1. The van der Waals surface area contributed by atoms with E-state index in [-0.39, 0.29) is 56.0 Å². The van der Waals surface area contributed by atoms with Crippen LogP contribution in [0, 0.1) is 6.92 Å². The maximum absolute atomic E-state index is 13.7. The number of hydrogen-bond acceptors (Lipinski definition) is 8. The molecule has 2 aromatic carbocycles. The second-order valence-electron chi connectivity index (χ2n) is 9.70. The standard InChI is InChI=1S/C27H35N5O5S2.ClH/c1-5-37-27(34)30-15-17-31(18-16-30)39(35,36)22-10-8-21(9-11-22)25(33)32(14-6-13-29(3)4)26-28-23-12-7-20(2)19-24(23)38-26;/h7-12,19H,5-6,13-18H2,1-4H3;1H. The minimum atomic E-state index is -3.77. The van der Waals surface area contributed by atoms with Crippen LogP contribution in [0.5, 0.6) is 0 Å². The van der Waals surface area contributed by atoms with Gasteiger partial charge in [-0.1, -0.05) is 17.4 Å². The fourth-order valence-electron chi connectivity index (χ4n) is 4.36. The third-order valence-electron chi connectivity index (χ3n) is 6.50. The SMILES string of the molecule is CCOC(=O)N1CCN(S(=O)(=O)c2ccc(C(=O)N(CCCN(C)C)c3nc4ccc(C)cc4s3)cc2)CC1.Cl. The van der Waals surface area contributed by atoms with Crippen molar-refractivity contribution < 1.29 is 22.7 Å². The molecule has 1 aromatic heterocycles. The number of rotatable bonds is 9. The summed E-state index contributed by atoms with van der Waals surface area (Å²) in [5.41, 5.74) is 2.36. The minimum absolute atomic E-state index is 0. The topological polar surface area (TPSA) is 103 Å². The van der Waals surface area contributed by atoms with Gasteiger partial charge in [0.25, 0.3) is 5.91 Å². The van der Waals surface area contributed by atoms with Crippen LogP contribution in [-0.2, 0) is 14.8 Å². The highest BCUT2D eigenvalue weighted by molar-refractivity contribution is 7.89. The van der Waals surface area contributed by atoms with Gasteiger partial charge in [-0.25, -0.2) is 18.2 Å². The molecule has 0 bridgehead atoms. The van der Waals surface area contributed by atoms with Crippen molar-refractivity contribution in [1.82, 2.24) is 19.1 Å². The molecule has 4 rings (SSSR count). The molecule has 13 heteroatoms. The Morgan fingerprint density at radius 2 is 1.70 bits per heavy atom. The Labute approximate surface area is 246 Å². The lowest BCUT2D eigenvalue weighted by molar-refractivity contribution is 0.0933. The second kappa shape index (κ2) is 13.7. The first-order valence-electron chi connectivity index (χ1n) is 13.0. The van der Waals surface area contributed by atoms with Crippen LogP contribution < -0.4 is 4.90 Å². The number of benzene rings is 2. The van der Waals surface area contributed by atoms with Gasteiger partial charge in [0.1, 0.15) is 0 Å². The van der Waals surface area contributed by atoms with Crippen molar-refractivity contribution in [2.75, 3.05) is 64.9 Å². The minimum Gasteiger partial charge on any atom is -0.450 e. The number of ether oxygens (including phenoxy) is 1. The van der Waals surface area contributed by atoms with Gasteiger partial charge in [-0.05, 0) is 82.9 Å². The van der Waals surface area contributed by atoms with E-state index in [1.165, 1.54) is 32.7 Å². The molecule has 1 fully saturated rings. The van der Waals surface area contributed by atoms with Gasteiger partial charge in [0, 0.05) is 38.3 Å². The summed E-state index contributed by atoms with van der Waals surface area (Å²) in [7, 11) is 0.208. The first kappa shape index (κ1) is 31.8. The maximum atomic E-state index is 13.7. The summed E-state index contributed by atoms with van der Waals surface area (Å²) in [6.07, 6.45) is 0.327. The van der Waals surface area contributed by atoms with Gasteiger partial charge >= 0.3 is 6.09 Å². The molecule has 0 radical (unpaired) electrons. The van der Waals surface area contributed by atoms with Crippen LogP contribution in [0.25, 0.3) is 10.2 Å². The summed E-state index contributed by atoms with van der Waals surface area (Å²) in [6, 6.07) is 12.1. The molecule has 0 unspecified atom stereocenters. The molecule has 0 spiro atoms. The fourth-order valence-corrected chi connectivity index (χ4v) is 6.87. The Morgan fingerprint density at radius 1 is 1.02 bits per heavy atom. The van der Waals surface area contributed by atoms with Crippen LogP contribution in [0.15, 0.2) is 47.4 Å². The van der Waals surface area contributed by atoms with Crippen molar-refractivity contribution in [2.24, 2.45) is 0 Å². The molecule has 2 heterocycles. The zero-order chi connectivity index (χ0) is 28.2. The van der Waals surface area contributed by atoms with Crippen molar-refractivity contribution in [3.05, 3.63) is 53.6 Å². The van der Waals surface area contributed by atoms with Crippen LogP contribution in [0.3, 0.4) is 0 Å². The summed E-state index contributed by atoms with van der Waals surface area (Å²) < 4.78 is 33.9. The van der Waals surface area contributed by atoms with Crippen molar-refractivity contribution in [1.29, 1.82) is 0 Å². The molecule has 0 atom stereocenters. The summed E-state index contributed by atoms with van der Waals surface area (Å²) in [4.78, 5) is 35.7. The molecule has 1 saturated heterocycles. The number of halogens is 1. The number of carbonyl (C=O) groups excluding carboxylic acids is 2. The molecule has 40 heavy (non-hydrogen) atoms. The molecule has 218 valence electrons. The molecule has 0 N–H and O–H groups in total. The highest BCUT2D eigenvalue weighted by atomic mass is 35.5. The predicted molar refractivity (Wildman–Crippen MR) is 160 cm³/mol. The van der Waals surface area contributed by atoms with Crippen molar-refractivity contribution >= 4 is 61.1 Å². The second-order valence-corrected chi connectivity index (χ2v) is 12.6. The van der Waals surface area contributed by atoms with Crippen LogP contribution in [0.4, 0.5) is 9.93 Å². The molecule has 1 aliphatic heterocycles. The number of amides is 2. The Morgan fingerprint density at radius 3 is 2.33 bits per heavy atom. The number of hydrogen-bond donors (Lipinski definition) is 0. The molecular weight excluding hydrogens is 574 g/mol. The fraction of sp³-hybridized carbons (Fsp3) is 0.444. The Kier molecular flexibility index (Phi) is 10.9. The van der Waals surface area contributed by atoms with Gasteiger partial charge in [0.2, 0.25) is 10.0 Å². The normalized spacial score (nSPS) is 14.3. The van der Waals surface area contributed by atoms with E-state index in [9.17, 15) is 18.0 Å². The summed E-state index contributed by atoms with van der Waals surface area (Å²) in [5.74, 6) is -0.225. The van der Waals surface area contributed by atoms with E-state index in [4.69, 9.17) is 9.72 Å². The Hall–Kier alpha value is -2.77. The number of thiazole rings is 1. The van der Waals surface area contributed by atoms with E-state index in [2.05, 4.69) is 11.0 Å². The van der Waals surface area contributed by atoms with E-state index < -0.39 is 16.1 Å². The number of aromatic nitrogens is 1. The number of fused-ring (bicyclic) bond motifs is 1. The van der Waals surface area contributed by atoms with Crippen LogP contribution in [-0.4, -0.2) is 99.5 Å². The van der Waals surface area contributed by atoms with Crippen LogP contribution in [0.2, 0.25) is 0 Å². The molecule has 0 saturated carbocycles. The molecule has 2 amide bonds. The van der Waals surface area contributed by atoms with E-state index in [0.29, 0.717) is 17.2 Å². The smallest absolute Gasteiger partial charge is 0.409 e. The molecule has 1 aliphatic rings. The zero-order valence-electron chi connectivity index (χ0n) is 23.2. The third-order valence-corrected chi connectivity index (χ3v) is 9.45. The largest absolute Gasteiger partial charge is 0.450 e. The van der Waals surface area contributed by atoms with Crippen molar-refractivity contribution in [2.45, 2.75) is 25.2 Å². The first-order chi connectivity index (χ1) is 18.6. The van der Waals surface area contributed by atoms with Gasteiger partial charge in [0.05, 0.1) is 21.7 Å². The summed E-state index contributed by atoms with van der Waals surface area (Å²) in [6.45, 7) is 6.21. The van der Waals surface area contributed by atoms with Gasteiger partial charge in [-0.15, -0.1) is 12.4 Å². The first-order valence-corrected chi connectivity index (χ1v) is 15.2. The summed E-state index contributed by atoms with van der Waals surface area (Å²) >= 11 is 1.47. The highest BCUT2D eigenvalue weighted by Gasteiger charge is 2.31. The van der Waals surface area contributed by atoms with E-state index in [1.807, 2.05) is 33.2 Å².